The topological polar surface area (TPSA) is 59.8 Å². The molecule has 6 heteroatoms. The number of esters is 1. The second kappa shape index (κ2) is 11.4. The van der Waals surface area contributed by atoms with Gasteiger partial charge in [0.25, 0.3) is 5.91 Å². The third-order valence-corrected chi connectivity index (χ3v) is 5.87. The van der Waals surface area contributed by atoms with Crippen molar-refractivity contribution in [2.45, 2.75) is 26.2 Å². The number of rotatable bonds is 7. The largest absolute Gasteiger partial charge is 0.465 e. The van der Waals surface area contributed by atoms with E-state index >= 15 is 4.48 Å². The van der Waals surface area contributed by atoms with Crippen molar-refractivity contribution in [1.29, 1.82) is 0 Å². The van der Waals surface area contributed by atoms with Crippen LogP contribution in [0.2, 0.25) is 0 Å². The molecule has 2 aliphatic rings. The van der Waals surface area contributed by atoms with Crippen molar-refractivity contribution >= 4 is 17.6 Å². The molecule has 1 unspecified atom stereocenters. The first-order valence-corrected chi connectivity index (χ1v) is 11.7. The summed E-state index contributed by atoms with van der Waals surface area (Å²) in [6, 6.07) is 22.8. The Morgan fingerprint density at radius 3 is 2.47 bits per heavy atom. The van der Waals surface area contributed by atoms with E-state index in [1.807, 2.05) is 31.2 Å². The second-order valence-electron chi connectivity index (χ2n) is 8.28. The highest BCUT2D eigenvalue weighted by atomic mass is 19.2. The lowest BCUT2D eigenvalue weighted by atomic mass is 9.94. The molecule has 0 N–H and O–H groups in total. The Bertz CT molecular complexity index is 1380. The molecular formula is C30H26FNO4. The van der Waals surface area contributed by atoms with Crippen molar-refractivity contribution in [3.05, 3.63) is 90.0 Å². The van der Waals surface area contributed by atoms with Crippen molar-refractivity contribution < 1.29 is 23.2 Å². The quantitative estimate of drug-likeness (QED) is 0.166. The summed E-state index contributed by atoms with van der Waals surface area (Å²) < 4.78 is 26.4. The standard InChI is InChI=1S/C30H26FNO4/c1-3-4-5-9-24(20-21-14-16-23(17-15-21)30(34)35-2)29(33)32(31)26-12-7-6-11-25(26)28-19-18-22-10-8-13-27(22)36-28/h6-8,10-19,24H,3,9,20H2,1-2H3. The Morgan fingerprint density at radius 1 is 0.944 bits per heavy atom. The maximum absolute atomic E-state index is 15.7. The van der Waals surface area contributed by atoms with E-state index in [9.17, 15) is 9.59 Å². The first kappa shape index (κ1) is 24.7. The van der Waals surface area contributed by atoms with Crippen LogP contribution in [0, 0.1) is 17.8 Å². The van der Waals surface area contributed by atoms with Crippen molar-refractivity contribution in [3.8, 4) is 34.5 Å². The molecule has 1 heterocycles. The number of halogens is 1. The third kappa shape index (κ3) is 5.47. The lowest BCUT2D eigenvalue weighted by Gasteiger charge is -2.21. The van der Waals surface area contributed by atoms with Gasteiger partial charge in [0.2, 0.25) is 0 Å². The molecule has 0 spiro atoms. The van der Waals surface area contributed by atoms with Crippen molar-refractivity contribution in [2.24, 2.45) is 5.92 Å². The number of ether oxygens (including phenoxy) is 1. The number of methoxy groups -OCH3 is 1. The molecule has 182 valence electrons. The molecule has 0 saturated heterocycles. The molecule has 0 bridgehead atoms. The fraction of sp³-hybridized carbons (Fsp3) is 0.200. The molecule has 36 heavy (non-hydrogen) atoms. The third-order valence-electron chi connectivity index (χ3n) is 5.87. The maximum Gasteiger partial charge on any atom is 0.337 e. The predicted octanol–water partition coefficient (Wildman–Crippen LogP) is 6.72. The predicted molar refractivity (Wildman–Crippen MR) is 137 cm³/mol. The average molecular weight is 484 g/mol. The summed E-state index contributed by atoms with van der Waals surface area (Å²) in [5.41, 5.74) is 2.71. The van der Waals surface area contributed by atoms with Gasteiger partial charge in [-0.3, -0.25) is 4.79 Å². The maximum atomic E-state index is 15.7. The van der Waals surface area contributed by atoms with Crippen LogP contribution in [0.4, 0.5) is 10.2 Å². The van der Waals surface area contributed by atoms with E-state index in [0.717, 1.165) is 11.1 Å². The Balaban J connectivity index is 1.62. The average Bonchev–Trinajstić information content (AvgIpc) is 3.40. The van der Waals surface area contributed by atoms with E-state index in [4.69, 9.17) is 9.15 Å². The Hall–Kier alpha value is -4.37. The molecule has 5 nitrogen and oxygen atoms in total. The van der Waals surface area contributed by atoms with Crippen LogP contribution >= 0.6 is 0 Å². The van der Waals surface area contributed by atoms with Gasteiger partial charge in [-0.25, -0.2) is 4.79 Å². The lowest BCUT2D eigenvalue weighted by Crippen LogP contribution is -2.31. The van der Waals surface area contributed by atoms with Gasteiger partial charge in [0.05, 0.1) is 24.3 Å². The highest BCUT2D eigenvalue weighted by molar-refractivity contribution is 5.97. The summed E-state index contributed by atoms with van der Waals surface area (Å²) >= 11 is 0. The molecular weight excluding hydrogens is 457 g/mol. The van der Waals surface area contributed by atoms with Crippen LogP contribution in [0.3, 0.4) is 0 Å². The first-order chi connectivity index (χ1) is 17.5. The Kier molecular flexibility index (Phi) is 7.82. The summed E-state index contributed by atoms with van der Waals surface area (Å²) in [5.74, 6) is 5.23. The van der Waals surface area contributed by atoms with Crippen LogP contribution in [0.1, 0.15) is 35.7 Å². The van der Waals surface area contributed by atoms with Gasteiger partial charge in [-0.15, -0.1) is 17.0 Å². The van der Waals surface area contributed by atoms with Gasteiger partial charge in [-0.1, -0.05) is 47.8 Å². The number of benzene rings is 2. The highest BCUT2D eigenvalue weighted by Crippen LogP contribution is 2.36. The normalized spacial score (nSPS) is 11.4. The van der Waals surface area contributed by atoms with Crippen LogP contribution in [-0.4, -0.2) is 19.0 Å². The number of hydrogen-bond donors (Lipinski definition) is 0. The smallest absolute Gasteiger partial charge is 0.337 e. The van der Waals surface area contributed by atoms with Crippen molar-refractivity contribution in [2.75, 3.05) is 12.2 Å². The van der Waals surface area contributed by atoms with Crippen molar-refractivity contribution in [1.82, 2.24) is 0 Å². The fourth-order valence-electron chi connectivity index (χ4n) is 3.99. The van der Waals surface area contributed by atoms with Gasteiger partial charge < -0.3 is 9.15 Å². The molecule has 0 aromatic heterocycles. The van der Waals surface area contributed by atoms with Crippen LogP contribution in [0.5, 0.6) is 0 Å². The zero-order chi connectivity index (χ0) is 25.5. The molecule has 4 rings (SSSR count). The Morgan fingerprint density at radius 2 is 1.72 bits per heavy atom. The second-order valence-corrected chi connectivity index (χ2v) is 8.28. The first-order valence-electron chi connectivity index (χ1n) is 11.7. The van der Waals surface area contributed by atoms with Gasteiger partial charge in [-0.2, -0.15) is 0 Å². The molecule has 0 saturated carbocycles. The van der Waals surface area contributed by atoms with Crippen LogP contribution in [0.15, 0.2) is 83.3 Å². The van der Waals surface area contributed by atoms with E-state index in [-0.39, 0.29) is 23.7 Å². The molecule has 2 aromatic carbocycles. The lowest BCUT2D eigenvalue weighted by molar-refractivity contribution is -0.125. The van der Waals surface area contributed by atoms with Gasteiger partial charge in [0.1, 0.15) is 11.5 Å². The number of amides is 1. The molecule has 1 aliphatic heterocycles. The van der Waals surface area contributed by atoms with Crippen LogP contribution in [-0.2, 0) is 16.0 Å². The van der Waals surface area contributed by atoms with E-state index in [1.54, 1.807) is 54.6 Å². The number of carbonyl (C=O) groups excluding carboxylic acids is 2. The van der Waals surface area contributed by atoms with Crippen molar-refractivity contribution in [3.63, 3.8) is 0 Å². The number of carbonyl (C=O) groups is 2. The van der Waals surface area contributed by atoms with E-state index in [0.29, 0.717) is 29.1 Å². The summed E-state index contributed by atoms with van der Waals surface area (Å²) in [7, 11) is 1.32. The Labute approximate surface area is 209 Å². The summed E-state index contributed by atoms with van der Waals surface area (Å²) in [6.45, 7) is 1.92. The molecule has 0 radical (unpaired) electrons. The monoisotopic (exact) mass is 483 g/mol. The molecule has 1 atom stereocenters. The summed E-state index contributed by atoms with van der Waals surface area (Å²) in [6.07, 6.45) is 1.12. The molecule has 2 aromatic rings. The molecule has 1 aliphatic carbocycles. The number of fused-ring (bicyclic) bond motifs is 1. The fourth-order valence-corrected chi connectivity index (χ4v) is 3.99. The number of anilines is 1. The minimum atomic E-state index is -0.722. The van der Waals surface area contributed by atoms with E-state index < -0.39 is 17.8 Å². The van der Waals surface area contributed by atoms with Gasteiger partial charge >= 0.3 is 5.97 Å². The van der Waals surface area contributed by atoms with Gasteiger partial charge in [-0.05, 0) is 54.4 Å². The zero-order valence-corrected chi connectivity index (χ0v) is 20.2. The molecule has 0 fully saturated rings. The van der Waals surface area contributed by atoms with Crippen LogP contribution < -0.4 is 5.12 Å². The van der Waals surface area contributed by atoms with Crippen LogP contribution in [0.25, 0.3) is 22.6 Å². The molecule has 1 amide bonds. The number of hydrogen-bond acceptors (Lipinski definition) is 4. The summed E-state index contributed by atoms with van der Waals surface area (Å²) in [5, 5.41) is 0.196. The summed E-state index contributed by atoms with van der Waals surface area (Å²) in [4.78, 5) is 25.1. The van der Waals surface area contributed by atoms with Gasteiger partial charge in [0, 0.05) is 24.0 Å². The zero-order valence-electron chi connectivity index (χ0n) is 20.2. The minimum Gasteiger partial charge on any atom is -0.465 e. The van der Waals surface area contributed by atoms with E-state index in [1.165, 1.54) is 7.11 Å². The highest BCUT2D eigenvalue weighted by Gasteiger charge is 2.28. The number of para-hydroxylation sites is 1. The van der Waals surface area contributed by atoms with E-state index in [2.05, 4.69) is 11.8 Å². The minimum absolute atomic E-state index is 0.103. The SMILES string of the molecule is CCC#CCC(Cc1ccc(C(=O)OC)cc1)C(=O)N(F)c1ccccc1-c1ccc2cccc-2o1. The van der Waals surface area contributed by atoms with Gasteiger partial charge in [0.15, 0.2) is 0 Å². The number of nitrogens with zero attached hydrogens (tertiary/aromatic N) is 1.